The number of nitrogens with two attached hydrogens (primary N) is 1. The van der Waals surface area contributed by atoms with Crippen LogP contribution in [0.3, 0.4) is 0 Å². The summed E-state index contributed by atoms with van der Waals surface area (Å²) in [7, 11) is -21.3. The Morgan fingerprint density at radius 2 is 1.09 bits per heavy atom. The molecule has 1 aromatic heterocycles. The van der Waals surface area contributed by atoms with Gasteiger partial charge in [-0.05, 0) is 43.5 Å². The summed E-state index contributed by atoms with van der Waals surface area (Å²) in [5.41, 5.74) is -1.42. The van der Waals surface area contributed by atoms with E-state index in [1.807, 2.05) is 0 Å². The number of carbonyl (C=O) groups excluding carboxylic acids is 1. The molecule has 0 aliphatic heterocycles. The molecule has 5 rings (SSSR count). The number of amides is 1. The van der Waals surface area contributed by atoms with Gasteiger partial charge in [0.15, 0.2) is 5.75 Å². The number of carbonyl (C=O) groups is 1. The van der Waals surface area contributed by atoms with E-state index in [4.69, 9.17) is 15.2 Å². The molecule has 0 fully saturated rings. The summed E-state index contributed by atoms with van der Waals surface area (Å²) in [6.45, 7) is -0.139. The highest BCUT2D eigenvalue weighted by atomic mass is 32.2. The number of hydrogen-bond acceptors (Lipinski definition) is 23. The number of fused-ring (bicyclic) bond motifs is 1. The highest BCUT2D eigenvalue weighted by Crippen LogP contribution is 2.48. The maximum absolute atomic E-state index is 12.7. The van der Waals surface area contributed by atoms with Crippen LogP contribution < -0.4 is 20.8 Å². The van der Waals surface area contributed by atoms with Crippen molar-refractivity contribution >= 4 is 91.3 Å². The lowest BCUT2D eigenvalue weighted by Gasteiger charge is -2.14. The lowest BCUT2D eigenvalue weighted by Crippen LogP contribution is -2.30. The number of aliphatic hydroxyl groups excluding tert-OH is 2. The maximum atomic E-state index is 12.7. The molecule has 0 saturated heterocycles. The first-order chi connectivity index (χ1) is 31.5. The number of aromatic nitrogens is 1. The Morgan fingerprint density at radius 1 is 0.632 bits per heavy atom. The van der Waals surface area contributed by atoms with E-state index in [1.165, 1.54) is 6.92 Å². The molecule has 364 valence electrons. The minimum Gasteiger partial charge on any atom is -0.507 e. The first-order valence-corrected chi connectivity index (χ1v) is 24.1. The summed E-state index contributed by atoms with van der Waals surface area (Å²) >= 11 is 0. The van der Waals surface area contributed by atoms with Gasteiger partial charge < -0.3 is 40.7 Å². The van der Waals surface area contributed by atoms with Crippen molar-refractivity contribution in [3.63, 3.8) is 0 Å². The van der Waals surface area contributed by atoms with Crippen molar-refractivity contribution in [3.8, 4) is 28.9 Å². The van der Waals surface area contributed by atoms with Gasteiger partial charge in [0.05, 0.1) is 23.5 Å². The molecule has 0 aliphatic carbocycles. The van der Waals surface area contributed by atoms with E-state index in [-0.39, 0.29) is 12.1 Å². The molecular weight excluding hydrogens is 997 g/mol. The zero-order valence-electron chi connectivity index (χ0n) is 34.3. The van der Waals surface area contributed by atoms with Gasteiger partial charge in [-0.15, -0.1) is 30.7 Å². The van der Waals surface area contributed by atoms with E-state index in [0.717, 1.165) is 19.1 Å². The van der Waals surface area contributed by atoms with E-state index >= 15 is 0 Å². The Balaban J connectivity index is 1.72. The number of phenolic OH excluding ortho intramolecular Hbond substituents is 2. The van der Waals surface area contributed by atoms with Crippen molar-refractivity contribution in [1.29, 1.82) is 0 Å². The number of benzene rings is 4. The van der Waals surface area contributed by atoms with E-state index in [2.05, 4.69) is 30.7 Å². The molecule has 11 N–H and O–H groups in total. The fraction of sp³-hybridized carbons (Fsp3) is 0.200. The van der Waals surface area contributed by atoms with Gasteiger partial charge in [0.25, 0.3) is 51.9 Å². The summed E-state index contributed by atoms with van der Waals surface area (Å²) in [6.07, 6.45) is 0. The van der Waals surface area contributed by atoms with Gasteiger partial charge in [0.2, 0.25) is 5.88 Å². The predicted molar refractivity (Wildman–Crippen MR) is 228 cm³/mol. The summed E-state index contributed by atoms with van der Waals surface area (Å²) in [5, 5.41) is 72.5. The first-order valence-electron chi connectivity index (χ1n) is 18.3. The van der Waals surface area contributed by atoms with Crippen molar-refractivity contribution in [2.45, 2.75) is 40.0 Å². The van der Waals surface area contributed by atoms with Crippen LogP contribution in [0, 0.1) is 6.92 Å². The van der Waals surface area contributed by atoms with Gasteiger partial charge in [-0.3, -0.25) is 32.4 Å². The standard InChI is InChI=1S/C35H34N8O21S4/c1-3-43-34(49)28(33(36)48)15(2)30(35(43)50)41-40-21-14-25(66(54,55)56)20(13-26(21)67(57,58)59)39-37-18-11-24(64-7-5-45)19(12-23(18)63-6-4-44)38-42-31-27(68(60,61)62)9-16-8-17(65(51,52)53)10-22(46)29(16)32(31)47/h8-14,44-47,50H,3-7H2,1-2H3,(H2,36,48)(H,51,52,53)(H,54,55,56)(H,57,58,59)(H,60,61,62). The summed E-state index contributed by atoms with van der Waals surface area (Å²) in [4.78, 5) is 20.2. The van der Waals surface area contributed by atoms with Crippen molar-refractivity contribution in [2.75, 3.05) is 26.4 Å². The molecule has 0 bridgehead atoms. The van der Waals surface area contributed by atoms with Crippen LogP contribution in [0.1, 0.15) is 22.8 Å². The number of primary amides is 1. The third kappa shape index (κ3) is 11.0. The van der Waals surface area contributed by atoms with Crippen LogP contribution in [0.15, 0.2) is 97.5 Å². The largest absolute Gasteiger partial charge is 0.507 e. The first kappa shape index (κ1) is 51.9. The molecule has 0 spiro atoms. The van der Waals surface area contributed by atoms with Crippen molar-refractivity contribution in [1.82, 2.24) is 4.57 Å². The Morgan fingerprint density at radius 3 is 1.53 bits per heavy atom. The molecule has 0 saturated carbocycles. The monoisotopic (exact) mass is 1030 g/mol. The predicted octanol–water partition coefficient (Wildman–Crippen LogP) is 3.52. The minimum absolute atomic E-state index is 0.239. The lowest BCUT2D eigenvalue weighted by molar-refractivity contribution is 0.0997. The fourth-order valence-electron chi connectivity index (χ4n) is 6.05. The van der Waals surface area contributed by atoms with Crippen LogP contribution in [0.25, 0.3) is 10.8 Å². The Bertz CT molecular complexity index is 3520. The van der Waals surface area contributed by atoms with Crippen LogP contribution in [0.2, 0.25) is 0 Å². The Hall–Kier alpha value is -7.08. The second-order valence-corrected chi connectivity index (χ2v) is 19.0. The number of nitrogens with zero attached hydrogens (tertiary/aromatic N) is 7. The lowest BCUT2D eigenvalue weighted by atomic mass is 10.1. The molecule has 0 radical (unpaired) electrons. The van der Waals surface area contributed by atoms with E-state index in [1.54, 1.807) is 0 Å². The SMILES string of the molecule is CCn1c(O)c(N=Nc2cc(S(=O)(=O)O)c(N=Nc3cc(OCCO)c(N=Nc4c(S(=O)(=O)O)cc5cc(S(=O)(=O)O)cc(O)c5c4O)cc3OCCO)cc2S(=O)(=O)O)c(C)c(C(N)=O)c1=O. The number of rotatable bonds is 18. The smallest absolute Gasteiger partial charge is 0.296 e. The van der Waals surface area contributed by atoms with Gasteiger partial charge in [0.1, 0.15) is 84.8 Å². The normalized spacial score (nSPS) is 12.8. The number of aromatic hydroxyl groups is 3. The summed E-state index contributed by atoms with van der Waals surface area (Å²) in [5.74, 6) is -5.27. The van der Waals surface area contributed by atoms with Crippen molar-refractivity contribution in [3.05, 3.63) is 63.9 Å². The fourth-order valence-corrected chi connectivity index (χ4v) is 8.49. The van der Waals surface area contributed by atoms with Crippen molar-refractivity contribution in [2.24, 2.45) is 36.4 Å². The number of hydrogen-bond donors (Lipinski definition) is 10. The topological polar surface area (TPSA) is 476 Å². The number of phenols is 2. The van der Waals surface area contributed by atoms with Crippen LogP contribution in [0.4, 0.5) is 34.1 Å². The molecule has 0 aliphatic rings. The number of ether oxygens (including phenoxy) is 2. The molecule has 68 heavy (non-hydrogen) atoms. The van der Waals surface area contributed by atoms with Crippen LogP contribution in [-0.4, -0.2) is 114 Å². The second-order valence-electron chi connectivity index (χ2n) is 13.4. The van der Waals surface area contributed by atoms with Crippen LogP contribution in [0.5, 0.6) is 28.9 Å². The molecule has 0 atom stereocenters. The molecule has 1 amide bonds. The number of pyridine rings is 1. The summed E-state index contributed by atoms with van der Waals surface area (Å²) < 4.78 is 150. The van der Waals surface area contributed by atoms with Crippen LogP contribution >= 0.6 is 0 Å². The molecule has 33 heteroatoms. The van der Waals surface area contributed by atoms with E-state index in [0.29, 0.717) is 34.9 Å². The highest BCUT2D eigenvalue weighted by Gasteiger charge is 2.28. The molecule has 4 aromatic carbocycles. The highest BCUT2D eigenvalue weighted by molar-refractivity contribution is 7.87. The molecule has 29 nitrogen and oxygen atoms in total. The number of aliphatic hydroxyl groups is 2. The average Bonchev–Trinajstić information content (AvgIpc) is 3.22. The van der Waals surface area contributed by atoms with Gasteiger partial charge in [-0.1, -0.05) is 0 Å². The zero-order chi connectivity index (χ0) is 50.8. The maximum Gasteiger partial charge on any atom is 0.296 e. The minimum atomic E-state index is -5.45. The average molecular weight is 1030 g/mol. The molecule has 1 heterocycles. The van der Waals surface area contributed by atoms with Gasteiger partial charge >= 0.3 is 0 Å². The summed E-state index contributed by atoms with van der Waals surface area (Å²) in [6, 6.07) is 4.23. The second kappa shape index (κ2) is 19.6. The zero-order valence-corrected chi connectivity index (χ0v) is 37.6. The molecule has 5 aromatic rings. The molecular formula is C35H34N8O21S4. The van der Waals surface area contributed by atoms with E-state index < -0.39 is 177 Å². The third-order valence-electron chi connectivity index (χ3n) is 9.01. The molecule has 0 unspecified atom stereocenters. The van der Waals surface area contributed by atoms with Crippen LogP contribution in [-0.2, 0) is 47.0 Å². The Labute approximate surface area is 381 Å². The van der Waals surface area contributed by atoms with Crippen molar-refractivity contribution < 1.29 is 91.7 Å². The Kier molecular flexibility index (Phi) is 15.0. The van der Waals surface area contributed by atoms with E-state index in [9.17, 15) is 87.0 Å². The number of azo groups is 3. The quantitative estimate of drug-likeness (QED) is 0.0443. The van der Waals surface area contributed by atoms with Gasteiger partial charge in [-0.25, -0.2) is 0 Å². The third-order valence-corrected chi connectivity index (χ3v) is 12.5. The van der Waals surface area contributed by atoms with Gasteiger partial charge in [0, 0.05) is 30.3 Å². The van der Waals surface area contributed by atoms with Gasteiger partial charge in [-0.2, -0.15) is 33.7 Å².